The lowest BCUT2D eigenvalue weighted by molar-refractivity contribution is -0.160. The Bertz CT molecular complexity index is 1000. The second-order valence-corrected chi connectivity index (χ2v) is 10.7. The standard InChI is InChI=1S/C25H28F3O3S/c1-16-13-21(32-12-6-7-18(32)3)14-17(2)23(16)30-15-22(29)31-24(4,5)19-8-10-20(11-9-19)25(26,27)28/h7-11,13-14H,6,12,15H2,1-5H3/q+1. The van der Waals surface area contributed by atoms with Crippen LogP contribution in [0.5, 0.6) is 5.75 Å². The molecule has 0 N–H and O–H groups in total. The van der Waals surface area contributed by atoms with Gasteiger partial charge in [-0.2, -0.15) is 13.2 Å². The molecule has 0 aromatic heterocycles. The number of halogens is 3. The van der Waals surface area contributed by atoms with E-state index in [1.54, 1.807) is 13.8 Å². The van der Waals surface area contributed by atoms with Gasteiger partial charge in [-0.05, 0) is 62.6 Å². The number of allylic oxidation sites excluding steroid dienone is 2. The van der Waals surface area contributed by atoms with Gasteiger partial charge in [0, 0.05) is 25.5 Å². The summed E-state index contributed by atoms with van der Waals surface area (Å²) >= 11 is 0. The molecular formula is C25H28F3O3S+. The third-order valence-corrected chi connectivity index (χ3v) is 7.86. The fourth-order valence-electron chi connectivity index (χ4n) is 3.79. The predicted molar refractivity (Wildman–Crippen MR) is 121 cm³/mol. The van der Waals surface area contributed by atoms with Gasteiger partial charge in [-0.25, -0.2) is 4.79 Å². The van der Waals surface area contributed by atoms with Crippen molar-refractivity contribution in [1.82, 2.24) is 0 Å². The summed E-state index contributed by atoms with van der Waals surface area (Å²) in [6.07, 6.45) is -1.02. The fraction of sp³-hybridized carbons (Fsp3) is 0.400. The van der Waals surface area contributed by atoms with Crippen molar-refractivity contribution in [3.05, 3.63) is 69.6 Å². The molecule has 0 amide bonds. The van der Waals surface area contributed by atoms with Crippen molar-refractivity contribution in [3.63, 3.8) is 0 Å². The topological polar surface area (TPSA) is 35.5 Å². The lowest BCUT2D eigenvalue weighted by atomic mass is 9.97. The van der Waals surface area contributed by atoms with E-state index in [2.05, 4.69) is 25.1 Å². The van der Waals surface area contributed by atoms with E-state index in [-0.39, 0.29) is 17.5 Å². The summed E-state index contributed by atoms with van der Waals surface area (Å²) in [5.74, 6) is 1.20. The highest BCUT2D eigenvalue weighted by atomic mass is 32.2. The lowest BCUT2D eigenvalue weighted by Crippen LogP contribution is -2.29. The van der Waals surface area contributed by atoms with E-state index in [4.69, 9.17) is 9.47 Å². The number of hydrogen-bond acceptors (Lipinski definition) is 3. The number of carbonyl (C=O) groups excluding carboxylic acids is 1. The molecule has 7 heteroatoms. The molecule has 0 aliphatic carbocycles. The lowest BCUT2D eigenvalue weighted by Gasteiger charge is -2.26. The monoisotopic (exact) mass is 465 g/mol. The first kappa shape index (κ1) is 24.2. The SMILES string of the molecule is CC1=CCC[S+]1c1cc(C)c(OCC(=O)OC(C)(C)c2ccc(C(F)(F)F)cc2)c(C)c1. The van der Waals surface area contributed by atoms with Crippen molar-refractivity contribution in [2.45, 2.75) is 57.7 Å². The Labute approximate surface area is 190 Å². The van der Waals surface area contributed by atoms with Crippen LogP contribution in [0.15, 0.2) is 52.3 Å². The second-order valence-electron chi connectivity index (χ2n) is 8.43. The van der Waals surface area contributed by atoms with Gasteiger partial charge in [-0.3, -0.25) is 0 Å². The molecule has 0 saturated carbocycles. The number of hydrogen-bond donors (Lipinski definition) is 0. The quantitative estimate of drug-likeness (QED) is 0.363. The number of aryl methyl sites for hydroxylation is 2. The van der Waals surface area contributed by atoms with Crippen molar-refractivity contribution in [2.75, 3.05) is 12.4 Å². The van der Waals surface area contributed by atoms with Crippen molar-refractivity contribution < 1.29 is 27.4 Å². The van der Waals surface area contributed by atoms with Gasteiger partial charge in [-0.1, -0.05) is 12.1 Å². The average molecular weight is 466 g/mol. The van der Waals surface area contributed by atoms with E-state index in [0.717, 1.165) is 35.4 Å². The molecule has 1 aliphatic rings. The molecule has 3 rings (SSSR count). The molecule has 3 nitrogen and oxygen atoms in total. The number of benzene rings is 2. The number of alkyl halides is 3. The molecule has 2 aromatic rings. The maximum atomic E-state index is 12.8. The predicted octanol–water partition coefficient (Wildman–Crippen LogP) is 6.46. The summed E-state index contributed by atoms with van der Waals surface area (Å²) in [5, 5.41) is 0. The summed E-state index contributed by atoms with van der Waals surface area (Å²) in [6, 6.07) is 8.85. The van der Waals surface area contributed by atoms with Gasteiger partial charge in [0.05, 0.1) is 16.5 Å². The van der Waals surface area contributed by atoms with Crippen LogP contribution in [0.2, 0.25) is 0 Å². The minimum Gasteiger partial charge on any atom is -0.481 e. The van der Waals surface area contributed by atoms with Crippen LogP contribution in [0, 0.1) is 13.8 Å². The molecule has 0 fully saturated rings. The minimum atomic E-state index is -4.41. The Kier molecular flexibility index (Phi) is 6.98. The smallest absolute Gasteiger partial charge is 0.416 e. The first-order valence-electron chi connectivity index (χ1n) is 10.4. The van der Waals surface area contributed by atoms with E-state index in [1.807, 2.05) is 13.8 Å². The highest BCUT2D eigenvalue weighted by Gasteiger charge is 2.32. The Morgan fingerprint density at radius 3 is 2.06 bits per heavy atom. The van der Waals surface area contributed by atoms with E-state index in [1.165, 1.54) is 21.9 Å². The molecule has 0 bridgehead atoms. The zero-order valence-electron chi connectivity index (χ0n) is 18.9. The number of rotatable bonds is 6. The van der Waals surface area contributed by atoms with Gasteiger partial charge < -0.3 is 9.47 Å². The van der Waals surface area contributed by atoms with Crippen molar-refractivity contribution in [1.29, 1.82) is 0 Å². The summed E-state index contributed by atoms with van der Waals surface area (Å²) in [4.78, 5) is 15.1. The first-order valence-corrected chi connectivity index (χ1v) is 11.8. The molecule has 32 heavy (non-hydrogen) atoms. The second kappa shape index (κ2) is 9.22. The van der Waals surface area contributed by atoms with Gasteiger partial charge in [0.1, 0.15) is 22.0 Å². The molecule has 1 aliphatic heterocycles. The zero-order valence-corrected chi connectivity index (χ0v) is 19.7. The molecule has 2 aromatic carbocycles. The Balaban J connectivity index is 1.64. The minimum absolute atomic E-state index is 0.124. The van der Waals surface area contributed by atoms with E-state index < -0.39 is 23.3 Å². The van der Waals surface area contributed by atoms with Gasteiger partial charge in [0.15, 0.2) is 11.5 Å². The number of carbonyl (C=O) groups is 1. The zero-order chi connectivity index (χ0) is 23.7. The Hall–Kier alpha value is -2.41. The van der Waals surface area contributed by atoms with Crippen molar-refractivity contribution in [3.8, 4) is 5.75 Å². The van der Waals surface area contributed by atoms with Gasteiger partial charge in [0.2, 0.25) is 0 Å². The Morgan fingerprint density at radius 2 is 1.56 bits per heavy atom. The maximum absolute atomic E-state index is 12.8. The van der Waals surface area contributed by atoms with Crippen LogP contribution in [0.3, 0.4) is 0 Å². The molecule has 1 heterocycles. The van der Waals surface area contributed by atoms with Crippen LogP contribution in [0.25, 0.3) is 0 Å². The molecule has 1 unspecified atom stereocenters. The summed E-state index contributed by atoms with van der Waals surface area (Å²) < 4.78 is 49.6. The highest BCUT2D eigenvalue weighted by Crippen LogP contribution is 2.34. The van der Waals surface area contributed by atoms with E-state index in [9.17, 15) is 18.0 Å². The molecular weight excluding hydrogens is 437 g/mol. The first-order chi connectivity index (χ1) is 14.9. The fourth-order valence-corrected chi connectivity index (χ4v) is 6.03. The third kappa shape index (κ3) is 5.49. The van der Waals surface area contributed by atoms with Gasteiger partial charge in [0.25, 0.3) is 0 Å². The molecule has 1 atom stereocenters. The molecule has 172 valence electrons. The maximum Gasteiger partial charge on any atom is 0.416 e. The van der Waals surface area contributed by atoms with Crippen LogP contribution in [-0.2, 0) is 32.2 Å². The molecule has 0 radical (unpaired) electrons. The van der Waals surface area contributed by atoms with Crippen LogP contribution >= 0.6 is 0 Å². The number of ether oxygens (including phenoxy) is 2. The normalized spacial score (nSPS) is 16.6. The molecule has 0 spiro atoms. The van der Waals surface area contributed by atoms with E-state index >= 15 is 0 Å². The van der Waals surface area contributed by atoms with Crippen LogP contribution < -0.4 is 4.74 Å². The molecule has 0 saturated heterocycles. The summed E-state index contributed by atoms with van der Waals surface area (Å²) in [5.41, 5.74) is 0.553. The van der Waals surface area contributed by atoms with E-state index in [0.29, 0.717) is 11.3 Å². The summed E-state index contributed by atoms with van der Waals surface area (Å²) in [7, 11) is 0.124. The third-order valence-electron chi connectivity index (χ3n) is 5.47. The Morgan fingerprint density at radius 1 is 1.00 bits per heavy atom. The van der Waals surface area contributed by atoms with Crippen LogP contribution in [-0.4, -0.2) is 18.3 Å². The van der Waals surface area contributed by atoms with Crippen molar-refractivity contribution >= 4 is 16.9 Å². The largest absolute Gasteiger partial charge is 0.481 e. The van der Waals surface area contributed by atoms with Crippen LogP contribution in [0.4, 0.5) is 13.2 Å². The average Bonchev–Trinajstić information content (AvgIpc) is 3.12. The van der Waals surface area contributed by atoms with Gasteiger partial charge >= 0.3 is 12.1 Å². The van der Waals surface area contributed by atoms with Gasteiger partial charge in [-0.15, -0.1) is 0 Å². The number of esters is 1. The highest BCUT2D eigenvalue weighted by molar-refractivity contribution is 8.00. The van der Waals surface area contributed by atoms with Crippen LogP contribution in [0.1, 0.15) is 49.4 Å². The summed E-state index contributed by atoms with van der Waals surface area (Å²) in [6.45, 7) is 9.08. The van der Waals surface area contributed by atoms with Crippen molar-refractivity contribution in [2.24, 2.45) is 0 Å².